The number of aromatic nitrogens is 3. The molecule has 2 rings (SSSR count). The summed E-state index contributed by atoms with van der Waals surface area (Å²) >= 11 is 0. The fourth-order valence-corrected chi connectivity index (χ4v) is 1.52. The minimum absolute atomic E-state index is 0.312. The molecule has 0 aliphatic heterocycles. The second-order valence-corrected chi connectivity index (χ2v) is 3.58. The van der Waals surface area contributed by atoms with Crippen molar-refractivity contribution in [1.29, 1.82) is 0 Å². The first-order valence-electron chi connectivity index (χ1n) is 5.02. The van der Waals surface area contributed by atoms with Crippen LogP contribution in [0.5, 0.6) is 0 Å². The molecule has 0 aliphatic rings. The Morgan fingerprint density at radius 1 is 1.44 bits per heavy atom. The van der Waals surface area contributed by atoms with Crippen LogP contribution >= 0.6 is 0 Å². The first-order valence-corrected chi connectivity index (χ1v) is 5.02. The van der Waals surface area contributed by atoms with Crippen molar-refractivity contribution in [1.82, 2.24) is 19.9 Å². The van der Waals surface area contributed by atoms with E-state index in [0.29, 0.717) is 6.54 Å². The number of rotatable bonds is 4. The number of nitrogens with one attached hydrogen (secondary N) is 1. The number of hydrogen-bond donors (Lipinski definition) is 1. The summed E-state index contributed by atoms with van der Waals surface area (Å²) in [7, 11) is 1.87. The highest BCUT2D eigenvalue weighted by Crippen LogP contribution is 2.04. The van der Waals surface area contributed by atoms with Crippen molar-refractivity contribution in [3.05, 3.63) is 48.1 Å². The zero-order chi connectivity index (χ0) is 11.4. The Balaban J connectivity index is 2.08. The van der Waals surface area contributed by atoms with Gasteiger partial charge in [-0.05, 0) is 18.7 Å². The number of imidazole rings is 1. The lowest BCUT2D eigenvalue weighted by Crippen LogP contribution is -2.05. The number of halogens is 1. The monoisotopic (exact) mass is 220 g/mol. The van der Waals surface area contributed by atoms with E-state index < -0.39 is 0 Å². The summed E-state index contributed by atoms with van der Waals surface area (Å²) in [5, 5.41) is 3.02. The maximum Gasteiger partial charge on any atom is 0.141 e. The van der Waals surface area contributed by atoms with Crippen LogP contribution in [0.25, 0.3) is 0 Å². The zero-order valence-electron chi connectivity index (χ0n) is 9.02. The molecule has 0 bridgehead atoms. The van der Waals surface area contributed by atoms with E-state index in [1.54, 1.807) is 12.5 Å². The quantitative estimate of drug-likeness (QED) is 0.841. The molecule has 0 unspecified atom stereocenters. The third-order valence-electron chi connectivity index (χ3n) is 2.17. The van der Waals surface area contributed by atoms with Crippen LogP contribution in [0.4, 0.5) is 4.39 Å². The lowest BCUT2D eigenvalue weighted by atomic mass is 10.3. The van der Waals surface area contributed by atoms with Gasteiger partial charge in [0.25, 0.3) is 0 Å². The van der Waals surface area contributed by atoms with E-state index in [4.69, 9.17) is 0 Å². The standard InChI is InChI=1S/C11H13FN4/c1-13-5-11-7-16(8-15-11)6-9-2-10(12)4-14-3-9/h2-4,7-8,13H,5-6H2,1H3. The highest BCUT2D eigenvalue weighted by molar-refractivity contribution is 5.11. The van der Waals surface area contributed by atoms with E-state index in [2.05, 4.69) is 15.3 Å². The molecule has 4 nitrogen and oxygen atoms in total. The predicted molar refractivity (Wildman–Crippen MR) is 58.3 cm³/mol. The van der Waals surface area contributed by atoms with Crippen LogP contribution < -0.4 is 5.32 Å². The molecule has 0 saturated carbocycles. The fourth-order valence-electron chi connectivity index (χ4n) is 1.52. The van der Waals surface area contributed by atoms with Gasteiger partial charge in [-0.25, -0.2) is 9.37 Å². The van der Waals surface area contributed by atoms with E-state index in [1.165, 1.54) is 12.3 Å². The van der Waals surface area contributed by atoms with Crippen molar-refractivity contribution in [2.45, 2.75) is 13.1 Å². The molecule has 0 saturated heterocycles. The van der Waals surface area contributed by atoms with Gasteiger partial charge in [0.1, 0.15) is 5.82 Å². The molecular formula is C11H13FN4. The number of hydrogen-bond acceptors (Lipinski definition) is 3. The van der Waals surface area contributed by atoms with Crippen molar-refractivity contribution >= 4 is 0 Å². The van der Waals surface area contributed by atoms with Crippen molar-refractivity contribution in [2.24, 2.45) is 0 Å². The van der Waals surface area contributed by atoms with Crippen LogP contribution in [0.1, 0.15) is 11.3 Å². The molecule has 5 heteroatoms. The Hall–Kier alpha value is -1.75. The van der Waals surface area contributed by atoms with E-state index in [1.807, 2.05) is 17.8 Å². The van der Waals surface area contributed by atoms with Gasteiger partial charge in [0.05, 0.1) is 24.8 Å². The van der Waals surface area contributed by atoms with Crippen molar-refractivity contribution < 1.29 is 4.39 Å². The Morgan fingerprint density at radius 3 is 3.06 bits per heavy atom. The summed E-state index contributed by atoms with van der Waals surface area (Å²) in [5.74, 6) is -0.312. The summed E-state index contributed by atoms with van der Waals surface area (Å²) in [5.41, 5.74) is 1.79. The van der Waals surface area contributed by atoms with Gasteiger partial charge in [-0.2, -0.15) is 0 Å². The lowest BCUT2D eigenvalue weighted by molar-refractivity contribution is 0.616. The van der Waals surface area contributed by atoms with Crippen LogP contribution in [0.2, 0.25) is 0 Å². The molecular weight excluding hydrogens is 207 g/mol. The van der Waals surface area contributed by atoms with Gasteiger partial charge in [0, 0.05) is 18.9 Å². The van der Waals surface area contributed by atoms with E-state index in [9.17, 15) is 4.39 Å². The minimum Gasteiger partial charge on any atom is -0.333 e. The Morgan fingerprint density at radius 2 is 2.31 bits per heavy atom. The topological polar surface area (TPSA) is 42.7 Å². The molecule has 84 valence electrons. The van der Waals surface area contributed by atoms with Gasteiger partial charge in [-0.15, -0.1) is 0 Å². The van der Waals surface area contributed by atoms with Gasteiger partial charge in [0.2, 0.25) is 0 Å². The molecule has 0 aliphatic carbocycles. The van der Waals surface area contributed by atoms with Gasteiger partial charge in [-0.3, -0.25) is 4.98 Å². The summed E-state index contributed by atoms with van der Waals surface area (Å²) in [6.07, 6.45) is 6.52. The SMILES string of the molecule is CNCc1cn(Cc2cncc(F)c2)cn1. The molecule has 2 aromatic heterocycles. The summed E-state index contributed by atoms with van der Waals surface area (Å²) in [6.45, 7) is 1.32. The zero-order valence-corrected chi connectivity index (χ0v) is 9.02. The smallest absolute Gasteiger partial charge is 0.141 e. The molecule has 0 amide bonds. The van der Waals surface area contributed by atoms with Crippen molar-refractivity contribution in [3.8, 4) is 0 Å². The van der Waals surface area contributed by atoms with Crippen LogP contribution in [0, 0.1) is 5.82 Å². The van der Waals surface area contributed by atoms with Gasteiger partial charge >= 0.3 is 0 Å². The van der Waals surface area contributed by atoms with Crippen molar-refractivity contribution in [3.63, 3.8) is 0 Å². The second kappa shape index (κ2) is 4.85. The Labute approximate surface area is 93.2 Å². The highest BCUT2D eigenvalue weighted by Gasteiger charge is 2.00. The van der Waals surface area contributed by atoms with Crippen LogP contribution in [0.15, 0.2) is 31.0 Å². The molecule has 2 heterocycles. The molecule has 0 fully saturated rings. The Bertz CT molecular complexity index is 467. The molecule has 0 radical (unpaired) electrons. The van der Waals surface area contributed by atoms with E-state index in [-0.39, 0.29) is 5.82 Å². The van der Waals surface area contributed by atoms with Crippen LogP contribution in [0.3, 0.4) is 0 Å². The predicted octanol–water partition coefficient (Wildman–Crippen LogP) is 1.18. The minimum atomic E-state index is -0.312. The van der Waals surface area contributed by atoms with Gasteiger partial charge in [0.15, 0.2) is 0 Å². The molecule has 0 aromatic carbocycles. The summed E-state index contributed by atoms with van der Waals surface area (Å²) in [4.78, 5) is 8.01. The fraction of sp³-hybridized carbons (Fsp3) is 0.273. The number of nitrogens with zero attached hydrogens (tertiary/aromatic N) is 3. The van der Waals surface area contributed by atoms with Crippen LogP contribution in [-0.2, 0) is 13.1 Å². The van der Waals surface area contributed by atoms with Crippen molar-refractivity contribution in [2.75, 3.05) is 7.05 Å². The third kappa shape index (κ3) is 2.64. The van der Waals surface area contributed by atoms with Crippen LogP contribution in [-0.4, -0.2) is 21.6 Å². The largest absolute Gasteiger partial charge is 0.333 e. The first-order chi connectivity index (χ1) is 7.78. The van der Waals surface area contributed by atoms with E-state index in [0.717, 1.165) is 17.8 Å². The number of pyridine rings is 1. The summed E-state index contributed by atoms with van der Waals surface area (Å²) in [6, 6.07) is 1.48. The average Bonchev–Trinajstić information content (AvgIpc) is 2.66. The average molecular weight is 220 g/mol. The molecule has 16 heavy (non-hydrogen) atoms. The first kappa shape index (κ1) is 10.8. The van der Waals surface area contributed by atoms with Gasteiger partial charge < -0.3 is 9.88 Å². The molecule has 0 spiro atoms. The third-order valence-corrected chi connectivity index (χ3v) is 2.17. The lowest BCUT2D eigenvalue weighted by Gasteiger charge is -2.01. The maximum absolute atomic E-state index is 12.9. The second-order valence-electron chi connectivity index (χ2n) is 3.58. The Kier molecular flexibility index (Phi) is 3.26. The molecule has 2 aromatic rings. The highest BCUT2D eigenvalue weighted by atomic mass is 19.1. The summed E-state index contributed by atoms with van der Waals surface area (Å²) < 4.78 is 14.8. The van der Waals surface area contributed by atoms with E-state index >= 15 is 0 Å². The molecule has 1 N–H and O–H groups in total. The maximum atomic E-state index is 12.9. The molecule has 0 atom stereocenters. The van der Waals surface area contributed by atoms with Gasteiger partial charge in [-0.1, -0.05) is 0 Å². The normalized spacial score (nSPS) is 10.6.